The van der Waals surface area contributed by atoms with Crippen LogP contribution >= 0.6 is 15.9 Å². The van der Waals surface area contributed by atoms with Crippen LogP contribution in [0.15, 0.2) is 53.0 Å². The molecule has 0 fully saturated rings. The van der Waals surface area contributed by atoms with E-state index in [2.05, 4.69) is 21.2 Å². The van der Waals surface area contributed by atoms with E-state index in [0.29, 0.717) is 5.56 Å². The van der Waals surface area contributed by atoms with Gasteiger partial charge in [-0.3, -0.25) is 4.79 Å². The molecule has 1 atom stereocenters. The van der Waals surface area contributed by atoms with Crippen molar-refractivity contribution in [3.63, 3.8) is 0 Å². The first-order valence-corrected chi connectivity index (χ1v) is 6.85. The summed E-state index contributed by atoms with van der Waals surface area (Å²) in [4.78, 5) is 14.1. The number of amides is 1. The third-order valence-electron chi connectivity index (χ3n) is 3.36. The molecule has 0 saturated carbocycles. The smallest absolute Gasteiger partial charge is 0.257 e. The summed E-state index contributed by atoms with van der Waals surface area (Å²) in [5, 5.41) is 3.41. The van der Waals surface area contributed by atoms with Gasteiger partial charge in [-0.2, -0.15) is 0 Å². The van der Waals surface area contributed by atoms with Crippen LogP contribution in [-0.4, -0.2) is 17.9 Å². The molecule has 0 aromatic heterocycles. The maximum absolute atomic E-state index is 12.4. The second-order valence-corrected chi connectivity index (χ2v) is 5.38. The van der Waals surface area contributed by atoms with Crippen LogP contribution in [0, 0.1) is 0 Å². The molecule has 19 heavy (non-hydrogen) atoms. The van der Waals surface area contributed by atoms with E-state index in [1.165, 1.54) is 0 Å². The Morgan fingerprint density at radius 1 is 1.11 bits per heavy atom. The highest BCUT2D eigenvalue weighted by atomic mass is 79.9. The Morgan fingerprint density at radius 3 is 2.58 bits per heavy atom. The van der Waals surface area contributed by atoms with Gasteiger partial charge >= 0.3 is 0 Å². The molecule has 1 unspecified atom stereocenters. The van der Waals surface area contributed by atoms with Crippen molar-refractivity contribution < 1.29 is 4.79 Å². The van der Waals surface area contributed by atoms with Crippen LogP contribution in [0.4, 0.5) is 5.69 Å². The van der Waals surface area contributed by atoms with Gasteiger partial charge in [0, 0.05) is 22.8 Å². The summed E-state index contributed by atoms with van der Waals surface area (Å²) in [5.74, 6) is 0.0371. The summed E-state index contributed by atoms with van der Waals surface area (Å²) in [6.45, 7) is 0. The minimum atomic E-state index is -0.155. The van der Waals surface area contributed by atoms with Crippen LogP contribution in [0.3, 0.4) is 0 Å². The van der Waals surface area contributed by atoms with Crippen LogP contribution < -0.4 is 5.32 Å². The minimum absolute atomic E-state index is 0.0371. The number of carbonyl (C=O) groups excluding carboxylic acids is 1. The largest absolute Gasteiger partial charge is 0.361 e. The number of hydrogen-bond acceptors (Lipinski definition) is 2. The Bertz CT molecular complexity index is 642. The zero-order valence-electron chi connectivity index (χ0n) is 10.4. The lowest BCUT2D eigenvalue weighted by Gasteiger charge is -2.36. The lowest BCUT2D eigenvalue weighted by molar-refractivity contribution is 0.0735. The normalized spacial score (nSPS) is 17.9. The van der Waals surface area contributed by atoms with Crippen LogP contribution in [0.5, 0.6) is 0 Å². The zero-order valence-corrected chi connectivity index (χ0v) is 12.0. The molecule has 1 amide bonds. The van der Waals surface area contributed by atoms with Gasteiger partial charge < -0.3 is 10.2 Å². The molecule has 0 spiro atoms. The Labute approximate surface area is 120 Å². The fourth-order valence-electron chi connectivity index (χ4n) is 2.33. The fraction of sp³-hybridized carbons (Fsp3) is 0.133. The molecule has 1 aliphatic rings. The van der Waals surface area contributed by atoms with E-state index in [4.69, 9.17) is 0 Å². The summed E-state index contributed by atoms with van der Waals surface area (Å²) in [5.41, 5.74) is 2.65. The van der Waals surface area contributed by atoms with Crippen molar-refractivity contribution in [1.29, 1.82) is 0 Å². The number of halogens is 1. The molecule has 4 heteroatoms. The first-order chi connectivity index (χ1) is 9.18. The number of anilines is 1. The Hall–Kier alpha value is -1.81. The lowest BCUT2D eigenvalue weighted by atomic mass is 10.0. The SMILES string of the molecule is CN1C(=O)c2ccccc2NC1c1ccccc1Br. The lowest BCUT2D eigenvalue weighted by Crippen LogP contribution is -2.40. The maximum atomic E-state index is 12.4. The average Bonchev–Trinajstić information content (AvgIpc) is 2.44. The molecule has 3 rings (SSSR count). The summed E-state index contributed by atoms with van der Waals surface area (Å²) >= 11 is 3.54. The van der Waals surface area contributed by atoms with Crippen molar-refractivity contribution in [3.05, 3.63) is 64.1 Å². The number of nitrogens with zero attached hydrogens (tertiary/aromatic N) is 1. The highest BCUT2D eigenvalue weighted by Crippen LogP contribution is 2.34. The predicted octanol–water partition coefficient (Wildman–Crippen LogP) is 3.65. The molecule has 1 aliphatic heterocycles. The molecule has 2 aromatic rings. The van der Waals surface area contributed by atoms with E-state index in [-0.39, 0.29) is 12.1 Å². The van der Waals surface area contributed by atoms with Gasteiger partial charge in [-0.1, -0.05) is 46.3 Å². The minimum Gasteiger partial charge on any atom is -0.361 e. The van der Waals surface area contributed by atoms with Crippen molar-refractivity contribution in [3.8, 4) is 0 Å². The third kappa shape index (κ3) is 2.02. The molecular formula is C15H13BrN2O. The van der Waals surface area contributed by atoms with Crippen LogP contribution in [0.25, 0.3) is 0 Å². The van der Waals surface area contributed by atoms with Gasteiger partial charge in [-0.15, -0.1) is 0 Å². The summed E-state index contributed by atoms with van der Waals surface area (Å²) < 4.78 is 0.992. The van der Waals surface area contributed by atoms with Crippen LogP contribution in [-0.2, 0) is 0 Å². The van der Waals surface area contributed by atoms with Crippen molar-refractivity contribution in [2.24, 2.45) is 0 Å². The van der Waals surface area contributed by atoms with Crippen molar-refractivity contribution in [2.45, 2.75) is 6.17 Å². The van der Waals surface area contributed by atoms with Gasteiger partial charge in [0.2, 0.25) is 0 Å². The molecule has 2 aromatic carbocycles. The number of rotatable bonds is 1. The highest BCUT2D eigenvalue weighted by molar-refractivity contribution is 9.10. The third-order valence-corrected chi connectivity index (χ3v) is 4.08. The second-order valence-electron chi connectivity index (χ2n) is 4.53. The monoisotopic (exact) mass is 316 g/mol. The van der Waals surface area contributed by atoms with E-state index >= 15 is 0 Å². The molecule has 1 heterocycles. The number of para-hydroxylation sites is 1. The van der Waals surface area contributed by atoms with Crippen molar-refractivity contribution >= 4 is 27.5 Å². The van der Waals surface area contributed by atoms with Gasteiger partial charge in [0.05, 0.1) is 5.56 Å². The zero-order chi connectivity index (χ0) is 13.4. The molecule has 96 valence electrons. The average molecular weight is 317 g/mol. The number of carbonyl (C=O) groups is 1. The summed E-state index contributed by atoms with van der Waals surface area (Å²) in [6, 6.07) is 15.5. The summed E-state index contributed by atoms with van der Waals surface area (Å²) in [6.07, 6.45) is -0.155. The number of hydrogen-bond donors (Lipinski definition) is 1. The molecular weight excluding hydrogens is 304 g/mol. The van der Waals surface area contributed by atoms with Gasteiger partial charge in [0.1, 0.15) is 6.17 Å². The Balaban J connectivity index is 2.07. The highest BCUT2D eigenvalue weighted by Gasteiger charge is 2.30. The van der Waals surface area contributed by atoms with E-state index in [1.54, 1.807) is 4.90 Å². The van der Waals surface area contributed by atoms with Crippen LogP contribution in [0.2, 0.25) is 0 Å². The Kier molecular flexibility index (Phi) is 3.03. The van der Waals surface area contributed by atoms with E-state index in [0.717, 1.165) is 15.7 Å². The van der Waals surface area contributed by atoms with Crippen LogP contribution in [0.1, 0.15) is 22.1 Å². The van der Waals surface area contributed by atoms with Gasteiger partial charge in [0.25, 0.3) is 5.91 Å². The fourth-order valence-corrected chi connectivity index (χ4v) is 2.83. The number of benzene rings is 2. The molecule has 1 N–H and O–H groups in total. The quantitative estimate of drug-likeness (QED) is 0.871. The summed E-state index contributed by atoms with van der Waals surface area (Å²) in [7, 11) is 1.81. The van der Waals surface area contributed by atoms with Gasteiger partial charge in [-0.25, -0.2) is 0 Å². The van der Waals surface area contributed by atoms with Crippen molar-refractivity contribution in [1.82, 2.24) is 4.90 Å². The van der Waals surface area contributed by atoms with E-state index < -0.39 is 0 Å². The van der Waals surface area contributed by atoms with E-state index in [1.807, 2.05) is 55.6 Å². The topological polar surface area (TPSA) is 32.3 Å². The first-order valence-electron chi connectivity index (χ1n) is 6.05. The predicted molar refractivity (Wildman–Crippen MR) is 79.0 cm³/mol. The molecule has 3 nitrogen and oxygen atoms in total. The molecule has 0 saturated heterocycles. The maximum Gasteiger partial charge on any atom is 0.257 e. The number of nitrogens with one attached hydrogen (secondary N) is 1. The Morgan fingerprint density at radius 2 is 1.79 bits per heavy atom. The van der Waals surface area contributed by atoms with Gasteiger partial charge in [0.15, 0.2) is 0 Å². The van der Waals surface area contributed by atoms with E-state index in [9.17, 15) is 4.79 Å². The van der Waals surface area contributed by atoms with Gasteiger partial charge in [-0.05, 0) is 18.2 Å². The molecule has 0 aliphatic carbocycles. The number of fused-ring (bicyclic) bond motifs is 1. The molecule has 0 bridgehead atoms. The second kappa shape index (κ2) is 4.70. The standard InChI is InChI=1S/C15H13BrN2O/c1-18-14(10-6-2-4-8-12(10)16)17-13-9-5-3-7-11(13)15(18)19/h2-9,14,17H,1H3. The first kappa shape index (κ1) is 12.2. The van der Waals surface area contributed by atoms with Crippen molar-refractivity contribution in [2.75, 3.05) is 12.4 Å². The molecule has 0 radical (unpaired) electrons.